The number of Topliss-reactive ketones (excluding diaryl/α,β-unsaturated/α-hetero) is 1. The van der Waals surface area contributed by atoms with Gasteiger partial charge in [0, 0.05) is 52.6 Å². The number of nitrogens with zero attached hydrogens (tertiary/aromatic N) is 1. The van der Waals surface area contributed by atoms with E-state index in [1.54, 1.807) is 18.3 Å². The van der Waals surface area contributed by atoms with E-state index in [0.29, 0.717) is 29.8 Å². The van der Waals surface area contributed by atoms with Crippen LogP contribution < -0.4 is 10.1 Å². The molecule has 2 atom stereocenters. The highest BCUT2D eigenvalue weighted by atomic mass is 32.1. The lowest BCUT2D eigenvalue weighted by atomic mass is 9.72. The second-order valence-electron chi connectivity index (χ2n) is 9.75. The predicted octanol–water partition coefficient (Wildman–Crippen LogP) is 5.52. The van der Waals surface area contributed by atoms with E-state index in [2.05, 4.69) is 5.32 Å². The number of nitro groups is 1. The molecule has 10 heteroatoms. The Balaban J connectivity index is 1.56. The van der Waals surface area contributed by atoms with E-state index >= 15 is 0 Å². The lowest BCUT2D eigenvalue weighted by Gasteiger charge is -2.36. The minimum Gasteiger partial charge on any atom is -0.500 e. The fourth-order valence-electron chi connectivity index (χ4n) is 5.43. The van der Waals surface area contributed by atoms with Gasteiger partial charge in [0.05, 0.1) is 24.2 Å². The first-order chi connectivity index (χ1) is 19.3. The van der Waals surface area contributed by atoms with Crippen molar-refractivity contribution in [2.24, 2.45) is 0 Å². The number of allylic oxidation sites excluding steroid dienone is 3. The average Bonchev–Trinajstić information content (AvgIpc) is 3.48. The molecule has 2 aliphatic rings. The van der Waals surface area contributed by atoms with Crippen LogP contribution in [0.5, 0.6) is 11.5 Å². The summed E-state index contributed by atoms with van der Waals surface area (Å²) in [7, 11) is 1.28. The highest BCUT2D eigenvalue weighted by molar-refractivity contribution is 7.10. The molecule has 0 bridgehead atoms. The van der Waals surface area contributed by atoms with E-state index < -0.39 is 28.2 Å². The third-order valence-electron chi connectivity index (χ3n) is 7.29. The number of aromatic hydroxyl groups is 1. The standard InChI is InChI=1S/C30H28N2O7S/c1-17-26(30(35)39-11-10-18-7-4-3-5-8-18)27(20-14-22(32(36)37)29(34)24(16-20)38-2)28-21(31-17)13-19(15-23(28)33)25-9-6-12-40-25/h3-9,12,14,16,19,27,31,34H,10-11,13,15H2,1-2H3/t19-,27-/m1/s1. The lowest BCUT2D eigenvalue weighted by molar-refractivity contribution is -0.386. The molecule has 2 aromatic carbocycles. The number of hydrogen-bond acceptors (Lipinski definition) is 9. The van der Waals surface area contributed by atoms with Crippen molar-refractivity contribution in [3.05, 3.63) is 109 Å². The molecule has 2 heterocycles. The summed E-state index contributed by atoms with van der Waals surface area (Å²) in [5, 5.41) is 27.5. The number of ether oxygens (including phenoxy) is 2. The third-order valence-corrected chi connectivity index (χ3v) is 8.32. The summed E-state index contributed by atoms with van der Waals surface area (Å²) in [5.41, 5.74) is 2.45. The number of esters is 1. The molecule has 206 valence electrons. The Kier molecular flexibility index (Phi) is 7.70. The molecule has 40 heavy (non-hydrogen) atoms. The molecule has 0 unspecified atom stereocenters. The highest BCUT2D eigenvalue weighted by Gasteiger charge is 2.42. The van der Waals surface area contributed by atoms with Crippen molar-refractivity contribution in [2.45, 2.75) is 38.0 Å². The first-order valence-corrected chi connectivity index (χ1v) is 13.7. The van der Waals surface area contributed by atoms with E-state index in [9.17, 15) is 24.8 Å². The van der Waals surface area contributed by atoms with E-state index in [-0.39, 0.29) is 41.6 Å². The molecule has 2 N–H and O–H groups in total. The van der Waals surface area contributed by atoms with Crippen LogP contribution >= 0.6 is 11.3 Å². The first-order valence-electron chi connectivity index (χ1n) is 12.8. The maximum absolute atomic E-state index is 13.7. The zero-order valence-corrected chi connectivity index (χ0v) is 22.8. The summed E-state index contributed by atoms with van der Waals surface area (Å²) in [5.74, 6) is -2.49. The van der Waals surface area contributed by atoms with E-state index in [1.807, 2.05) is 47.8 Å². The zero-order chi connectivity index (χ0) is 28.4. The second-order valence-corrected chi connectivity index (χ2v) is 10.7. The monoisotopic (exact) mass is 560 g/mol. The molecular weight excluding hydrogens is 532 g/mol. The van der Waals surface area contributed by atoms with Crippen molar-refractivity contribution < 1.29 is 29.1 Å². The quantitative estimate of drug-likeness (QED) is 0.209. The number of carbonyl (C=O) groups is 2. The molecule has 0 saturated carbocycles. The van der Waals surface area contributed by atoms with Crippen LogP contribution in [0.3, 0.4) is 0 Å². The van der Waals surface area contributed by atoms with Gasteiger partial charge in [0.2, 0.25) is 5.75 Å². The van der Waals surface area contributed by atoms with Gasteiger partial charge in [-0.05, 0) is 42.0 Å². The highest BCUT2D eigenvalue weighted by Crippen LogP contribution is 2.49. The van der Waals surface area contributed by atoms with Gasteiger partial charge >= 0.3 is 11.7 Å². The third kappa shape index (κ3) is 5.22. The summed E-state index contributed by atoms with van der Waals surface area (Å²) in [6.45, 7) is 1.85. The Labute approximate surface area is 234 Å². The molecule has 5 rings (SSSR count). The predicted molar refractivity (Wildman–Crippen MR) is 149 cm³/mol. The van der Waals surface area contributed by atoms with Gasteiger partial charge in [-0.3, -0.25) is 14.9 Å². The van der Waals surface area contributed by atoms with Crippen molar-refractivity contribution >= 4 is 28.8 Å². The molecule has 3 aromatic rings. The zero-order valence-electron chi connectivity index (χ0n) is 22.0. The van der Waals surface area contributed by atoms with Gasteiger partial charge in [-0.25, -0.2) is 4.79 Å². The summed E-state index contributed by atoms with van der Waals surface area (Å²) < 4.78 is 10.9. The number of ketones is 1. The molecule has 0 saturated heterocycles. The van der Waals surface area contributed by atoms with Crippen LogP contribution in [0.25, 0.3) is 0 Å². The smallest absolute Gasteiger partial charge is 0.336 e. The number of carbonyl (C=O) groups excluding carboxylic acids is 2. The van der Waals surface area contributed by atoms with Crippen LogP contribution in [-0.2, 0) is 20.7 Å². The molecule has 9 nitrogen and oxygen atoms in total. The number of nitrogens with one attached hydrogen (secondary N) is 1. The number of phenolic OH excluding ortho intramolecular Hbond substituents is 1. The molecule has 0 spiro atoms. The van der Waals surface area contributed by atoms with Crippen LogP contribution in [0.2, 0.25) is 0 Å². The Hall–Kier alpha value is -4.44. The number of rotatable bonds is 8. The van der Waals surface area contributed by atoms with Crippen LogP contribution in [0.1, 0.15) is 47.6 Å². The van der Waals surface area contributed by atoms with E-state index in [0.717, 1.165) is 10.4 Å². The van der Waals surface area contributed by atoms with Crippen LogP contribution in [0, 0.1) is 10.1 Å². The molecule has 0 fully saturated rings. The molecule has 1 aromatic heterocycles. The number of benzene rings is 2. The van der Waals surface area contributed by atoms with Crippen LogP contribution in [0.15, 0.2) is 82.5 Å². The second kappa shape index (κ2) is 11.4. The van der Waals surface area contributed by atoms with Gasteiger partial charge in [-0.1, -0.05) is 36.4 Å². The lowest BCUT2D eigenvalue weighted by Crippen LogP contribution is -2.36. The van der Waals surface area contributed by atoms with Crippen molar-refractivity contribution in [3.8, 4) is 11.5 Å². The Bertz CT molecular complexity index is 1530. The molecule has 1 aliphatic heterocycles. The Morgan fingerprint density at radius 1 is 1.18 bits per heavy atom. The average molecular weight is 561 g/mol. The maximum atomic E-state index is 13.7. The Morgan fingerprint density at radius 2 is 1.95 bits per heavy atom. The molecule has 0 amide bonds. The summed E-state index contributed by atoms with van der Waals surface area (Å²) in [6, 6.07) is 16.2. The summed E-state index contributed by atoms with van der Waals surface area (Å²) in [6.07, 6.45) is 1.29. The van der Waals surface area contributed by atoms with E-state index in [1.165, 1.54) is 19.2 Å². The maximum Gasteiger partial charge on any atom is 0.336 e. The van der Waals surface area contributed by atoms with Gasteiger partial charge in [-0.15, -0.1) is 11.3 Å². The van der Waals surface area contributed by atoms with Crippen molar-refractivity contribution in [2.75, 3.05) is 13.7 Å². The molecule has 1 aliphatic carbocycles. The van der Waals surface area contributed by atoms with Gasteiger partial charge in [0.1, 0.15) is 0 Å². The van der Waals surface area contributed by atoms with Crippen LogP contribution in [0.4, 0.5) is 5.69 Å². The van der Waals surface area contributed by atoms with Crippen molar-refractivity contribution in [1.29, 1.82) is 0 Å². The minimum absolute atomic E-state index is 0.0183. The number of methoxy groups -OCH3 is 1. The fourth-order valence-corrected chi connectivity index (χ4v) is 6.26. The first kappa shape index (κ1) is 27.1. The number of phenols is 1. The molecule has 0 radical (unpaired) electrons. The Morgan fingerprint density at radius 3 is 2.62 bits per heavy atom. The topological polar surface area (TPSA) is 128 Å². The van der Waals surface area contributed by atoms with Crippen molar-refractivity contribution in [1.82, 2.24) is 5.32 Å². The number of dihydropyridines is 1. The van der Waals surface area contributed by atoms with Gasteiger partial charge in [-0.2, -0.15) is 0 Å². The van der Waals surface area contributed by atoms with E-state index in [4.69, 9.17) is 9.47 Å². The number of nitro benzene ring substituents is 1. The summed E-state index contributed by atoms with van der Waals surface area (Å²) >= 11 is 1.59. The van der Waals surface area contributed by atoms with Gasteiger partial charge in [0.25, 0.3) is 0 Å². The van der Waals surface area contributed by atoms with Gasteiger partial charge < -0.3 is 19.9 Å². The van der Waals surface area contributed by atoms with Gasteiger partial charge in [0.15, 0.2) is 11.5 Å². The van der Waals surface area contributed by atoms with Crippen molar-refractivity contribution in [3.63, 3.8) is 0 Å². The SMILES string of the molecule is COc1cc([C@@H]2C(C(=O)OCCc3ccccc3)=C(C)NC3=C2C(=O)C[C@H](c2cccs2)C3)cc([N+](=O)[O-])c1O. The molecular formula is C30H28N2O7S. The summed E-state index contributed by atoms with van der Waals surface area (Å²) in [4.78, 5) is 39.5. The number of hydrogen-bond donors (Lipinski definition) is 2. The van der Waals surface area contributed by atoms with Crippen LogP contribution in [-0.4, -0.2) is 35.5 Å². The largest absolute Gasteiger partial charge is 0.500 e. The number of thiophene rings is 1. The minimum atomic E-state index is -0.939. The normalized spacial score (nSPS) is 18.7. The fraction of sp³-hybridized carbons (Fsp3) is 0.267.